The van der Waals surface area contributed by atoms with Crippen LogP contribution in [0.3, 0.4) is 0 Å². The lowest BCUT2D eigenvalue weighted by Gasteiger charge is -2.13. The van der Waals surface area contributed by atoms with Crippen LogP contribution in [0.4, 0.5) is 0 Å². The third kappa shape index (κ3) is 3.36. The van der Waals surface area contributed by atoms with E-state index in [0.29, 0.717) is 16.7 Å². The Morgan fingerprint density at radius 2 is 1.59 bits per heavy atom. The van der Waals surface area contributed by atoms with Crippen LogP contribution in [0.25, 0.3) is 0 Å². The molecule has 0 radical (unpaired) electrons. The highest BCUT2D eigenvalue weighted by molar-refractivity contribution is 7.87. The van der Waals surface area contributed by atoms with Gasteiger partial charge < -0.3 is 4.18 Å². The van der Waals surface area contributed by atoms with E-state index in [1.165, 1.54) is 19.1 Å². The van der Waals surface area contributed by atoms with E-state index < -0.39 is 10.1 Å². The molecule has 0 aliphatic rings. The van der Waals surface area contributed by atoms with Crippen LogP contribution in [0.5, 0.6) is 5.75 Å². The second-order valence-corrected chi connectivity index (χ2v) is 6.83. The fraction of sp³-hybridized carbons (Fsp3) is 0.235. The van der Waals surface area contributed by atoms with Gasteiger partial charge in [-0.15, -0.1) is 0 Å². The van der Waals surface area contributed by atoms with E-state index in [1.54, 1.807) is 38.1 Å². The zero-order chi connectivity index (χ0) is 16.5. The number of benzene rings is 2. The first kappa shape index (κ1) is 16.2. The predicted molar refractivity (Wildman–Crippen MR) is 84.9 cm³/mol. The first-order valence-electron chi connectivity index (χ1n) is 6.84. The highest BCUT2D eigenvalue weighted by atomic mass is 32.2. The Labute approximate surface area is 130 Å². The van der Waals surface area contributed by atoms with Crippen LogP contribution < -0.4 is 4.18 Å². The van der Waals surface area contributed by atoms with E-state index >= 15 is 0 Å². The summed E-state index contributed by atoms with van der Waals surface area (Å²) in [7, 11) is -3.95. The maximum atomic E-state index is 12.5. The van der Waals surface area contributed by atoms with Crippen molar-refractivity contribution in [1.29, 1.82) is 0 Å². The van der Waals surface area contributed by atoms with Crippen molar-refractivity contribution in [2.45, 2.75) is 32.6 Å². The molecule has 0 unspecified atom stereocenters. The van der Waals surface area contributed by atoms with Crippen LogP contribution in [0.15, 0.2) is 41.3 Å². The van der Waals surface area contributed by atoms with Gasteiger partial charge in [0, 0.05) is 5.56 Å². The van der Waals surface area contributed by atoms with Crippen LogP contribution in [0.2, 0.25) is 0 Å². The zero-order valence-electron chi connectivity index (χ0n) is 13.0. The molecule has 0 aliphatic heterocycles. The predicted octanol–water partition coefficient (Wildman–Crippen LogP) is 3.58. The summed E-state index contributed by atoms with van der Waals surface area (Å²) in [6, 6.07) is 9.76. The molecule has 22 heavy (non-hydrogen) atoms. The van der Waals surface area contributed by atoms with Crippen LogP contribution in [-0.2, 0) is 10.1 Å². The molecule has 0 bridgehead atoms. The summed E-state index contributed by atoms with van der Waals surface area (Å²) in [5.41, 5.74) is 2.68. The molecule has 2 rings (SSSR count). The van der Waals surface area contributed by atoms with Crippen molar-refractivity contribution in [3.05, 3.63) is 58.7 Å². The molecule has 5 heteroatoms. The monoisotopic (exact) mass is 318 g/mol. The number of aryl methyl sites for hydroxylation is 3. The SMILES string of the molecule is CC(=O)c1cccc(OS(=O)(=O)c2c(C)cc(C)cc2C)c1. The first-order valence-corrected chi connectivity index (χ1v) is 8.25. The third-order valence-corrected chi connectivity index (χ3v) is 4.86. The second kappa shape index (κ2) is 5.93. The first-order chi connectivity index (χ1) is 10.2. The van der Waals surface area contributed by atoms with Crippen molar-refractivity contribution in [2.75, 3.05) is 0 Å². The molecular formula is C17H18O4S. The van der Waals surface area contributed by atoms with Gasteiger partial charge in [-0.25, -0.2) is 0 Å². The number of carbonyl (C=O) groups excluding carboxylic acids is 1. The number of hydrogen-bond donors (Lipinski definition) is 0. The van der Waals surface area contributed by atoms with Gasteiger partial charge in [-0.3, -0.25) is 4.79 Å². The Balaban J connectivity index is 2.45. The van der Waals surface area contributed by atoms with Crippen molar-refractivity contribution >= 4 is 15.9 Å². The van der Waals surface area contributed by atoms with Crippen molar-refractivity contribution < 1.29 is 17.4 Å². The molecule has 0 atom stereocenters. The van der Waals surface area contributed by atoms with Gasteiger partial charge in [-0.1, -0.05) is 29.8 Å². The number of rotatable bonds is 4. The standard InChI is InChI=1S/C17H18O4S/c1-11-8-12(2)17(13(3)9-11)22(19,20)21-16-7-5-6-15(10-16)14(4)18/h5-10H,1-4H3. The highest BCUT2D eigenvalue weighted by Crippen LogP contribution is 2.26. The molecule has 2 aromatic rings. The second-order valence-electron chi connectivity index (χ2n) is 5.35. The molecule has 0 aromatic heterocycles. The van der Waals surface area contributed by atoms with Gasteiger partial charge in [0.2, 0.25) is 0 Å². The molecule has 2 aromatic carbocycles. The molecule has 0 fully saturated rings. The van der Waals surface area contributed by atoms with Crippen molar-refractivity contribution in [2.24, 2.45) is 0 Å². The summed E-state index contributed by atoms with van der Waals surface area (Å²) >= 11 is 0. The Hall–Kier alpha value is -2.14. The highest BCUT2D eigenvalue weighted by Gasteiger charge is 2.22. The van der Waals surface area contributed by atoms with Gasteiger partial charge in [-0.2, -0.15) is 8.42 Å². The van der Waals surface area contributed by atoms with Crippen molar-refractivity contribution in [1.82, 2.24) is 0 Å². The average Bonchev–Trinajstić information content (AvgIpc) is 2.36. The summed E-state index contributed by atoms with van der Waals surface area (Å²) in [6.07, 6.45) is 0. The van der Waals surface area contributed by atoms with E-state index in [0.717, 1.165) is 5.56 Å². The van der Waals surface area contributed by atoms with Gasteiger partial charge in [0.15, 0.2) is 5.78 Å². The van der Waals surface area contributed by atoms with Crippen LogP contribution in [-0.4, -0.2) is 14.2 Å². The minimum absolute atomic E-state index is 0.132. The van der Waals surface area contributed by atoms with E-state index in [1.807, 2.05) is 6.92 Å². The largest absolute Gasteiger partial charge is 0.379 e. The minimum atomic E-state index is -3.95. The Bertz CT molecular complexity index is 812. The van der Waals surface area contributed by atoms with Gasteiger partial charge in [-0.05, 0) is 51.0 Å². The lowest BCUT2D eigenvalue weighted by atomic mass is 10.1. The smallest absolute Gasteiger partial charge is 0.339 e. The summed E-state index contributed by atoms with van der Waals surface area (Å²) in [4.78, 5) is 11.5. The molecule has 0 saturated carbocycles. The number of Topliss-reactive ketones (excluding diaryl/α,β-unsaturated/α-hetero) is 1. The van der Waals surface area contributed by atoms with Gasteiger partial charge >= 0.3 is 10.1 Å². The fourth-order valence-corrected chi connectivity index (χ4v) is 3.84. The number of ketones is 1. The lowest BCUT2D eigenvalue weighted by molar-refractivity contribution is 0.101. The molecule has 0 heterocycles. The third-order valence-electron chi connectivity index (χ3n) is 3.30. The topological polar surface area (TPSA) is 60.4 Å². The molecule has 0 saturated heterocycles. The molecule has 0 aliphatic carbocycles. The van der Waals surface area contributed by atoms with Crippen molar-refractivity contribution in [3.8, 4) is 5.75 Å². The van der Waals surface area contributed by atoms with Gasteiger partial charge in [0.1, 0.15) is 10.6 Å². The summed E-state index contributed by atoms with van der Waals surface area (Å²) < 4.78 is 30.3. The van der Waals surface area contributed by atoms with E-state index in [-0.39, 0.29) is 16.4 Å². The Morgan fingerprint density at radius 3 is 2.14 bits per heavy atom. The molecule has 0 amide bonds. The van der Waals surface area contributed by atoms with Gasteiger partial charge in [0.05, 0.1) is 0 Å². The number of carbonyl (C=O) groups is 1. The molecular weight excluding hydrogens is 300 g/mol. The fourth-order valence-electron chi connectivity index (χ4n) is 2.50. The quantitative estimate of drug-likeness (QED) is 0.638. The average molecular weight is 318 g/mol. The minimum Gasteiger partial charge on any atom is -0.379 e. The zero-order valence-corrected chi connectivity index (χ0v) is 13.8. The van der Waals surface area contributed by atoms with E-state index in [2.05, 4.69) is 0 Å². The summed E-state index contributed by atoms with van der Waals surface area (Å²) in [5.74, 6) is -0.0161. The number of hydrogen-bond acceptors (Lipinski definition) is 4. The lowest BCUT2D eigenvalue weighted by Crippen LogP contribution is -2.13. The Morgan fingerprint density at radius 1 is 1.00 bits per heavy atom. The van der Waals surface area contributed by atoms with Crippen molar-refractivity contribution in [3.63, 3.8) is 0 Å². The molecule has 116 valence electrons. The summed E-state index contributed by atoms with van der Waals surface area (Å²) in [6.45, 7) is 6.81. The normalized spacial score (nSPS) is 11.3. The molecule has 0 spiro atoms. The van der Waals surface area contributed by atoms with E-state index in [9.17, 15) is 13.2 Å². The molecule has 0 N–H and O–H groups in total. The van der Waals surface area contributed by atoms with E-state index in [4.69, 9.17) is 4.18 Å². The van der Waals surface area contributed by atoms with Gasteiger partial charge in [0.25, 0.3) is 0 Å². The van der Waals surface area contributed by atoms with Crippen LogP contribution in [0, 0.1) is 20.8 Å². The van der Waals surface area contributed by atoms with Crippen LogP contribution >= 0.6 is 0 Å². The molecule has 4 nitrogen and oxygen atoms in total. The summed E-state index contributed by atoms with van der Waals surface area (Å²) in [5, 5.41) is 0. The van der Waals surface area contributed by atoms with Crippen LogP contribution in [0.1, 0.15) is 34.0 Å². The Kier molecular flexibility index (Phi) is 4.37. The maximum absolute atomic E-state index is 12.5. The maximum Gasteiger partial charge on any atom is 0.339 e.